The second-order valence-corrected chi connectivity index (χ2v) is 8.25. The lowest BCUT2D eigenvalue weighted by Gasteiger charge is -2.34. The van der Waals surface area contributed by atoms with E-state index in [9.17, 15) is 23.2 Å². The van der Waals surface area contributed by atoms with Crippen LogP contribution in [0.2, 0.25) is 0 Å². The number of alkyl carbamates (subject to hydrolysis) is 1. The van der Waals surface area contributed by atoms with Crippen molar-refractivity contribution in [1.29, 1.82) is 0 Å². The van der Waals surface area contributed by atoms with Gasteiger partial charge in [0.1, 0.15) is 5.60 Å². The summed E-state index contributed by atoms with van der Waals surface area (Å²) in [5.74, 6) is -1.72. The molecule has 24 heavy (non-hydrogen) atoms. The second-order valence-electron chi connectivity index (χ2n) is 6.14. The summed E-state index contributed by atoms with van der Waals surface area (Å²) in [5, 5.41) is 11.5. The molecule has 0 radical (unpaired) electrons. The number of aliphatic hydroxyl groups excluding tert-OH is 1. The van der Waals surface area contributed by atoms with Crippen molar-refractivity contribution in [2.45, 2.75) is 58.8 Å². The number of ether oxygens (including phenoxy) is 1. The van der Waals surface area contributed by atoms with Crippen molar-refractivity contribution in [2.75, 3.05) is 19.8 Å². The summed E-state index contributed by atoms with van der Waals surface area (Å²) in [6.45, 7) is 7.43. The SMILES string of the molecule is CCOP(=O)(OCC)C(F)(F)[C@H](C)[C@@H](CO)NC(=O)OC(C)(C)C. The van der Waals surface area contributed by atoms with E-state index in [0.29, 0.717) is 0 Å². The molecule has 2 atom stereocenters. The molecule has 10 heteroatoms. The number of hydrogen-bond acceptors (Lipinski definition) is 6. The first-order valence-corrected chi connectivity index (χ1v) is 9.26. The molecule has 144 valence electrons. The first-order chi connectivity index (χ1) is 10.8. The number of carbonyl (C=O) groups is 1. The van der Waals surface area contributed by atoms with Crippen LogP contribution in [0.3, 0.4) is 0 Å². The van der Waals surface area contributed by atoms with Crippen LogP contribution in [0.15, 0.2) is 0 Å². The topological polar surface area (TPSA) is 94.1 Å². The summed E-state index contributed by atoms with van der Waals surface area (Å²) in [6, 6.07) is -1.40. The monoisotopic (exact) mass is 375 g/mol. The molecule has 7 nitrogen and oxygen atoms in total. The van der Waals surface area contributed by atoms with Gasteiger partial charge in [0, 0.05) is 0 Å². The largest absolute Gasteiger partial charge is 0.444 e. The van der Waals surface area contributed by atoms with E-state index in [1.165, 1.54) is 13.8 Å². The lowest BCUT2D eigenvalue weighted by atomic mass is 10.0. The van der Waals surface area contributed by atoms with Gasteiger partial charge >= 0.3 is 19.4 Å². The highest BCUT2D eigenvalue weighted by Gasteiger charge is 2.59. The molecule has 0 aromatic carbocycles. The molecule has 0 bridgehead atoms. The summed E-state index contributed by atoms with van der Waals surface area (Å²) in [4.78, 5) is 11.7. The third-order valence-electron chi connectivity index (χ3n) is 3.01. The van der Waals surface area contributed by atoms with Crippen molar-refractivity contribution in [3.05, 3.63) is 0 Å². The van der Waals surface area contributed by atoms with Gasteiger partial charge in [-0.25, -0.2) is 4.79 Å². The molecule has 2 N–H and O–H groups in total. The van der Waals surface area contributed by atoms with Gasteiger partial charge < -0.3 is 24.2 Å². The number of carbonyl (C=O) groups excluding carboxylic acids is 1. The normalized spacial score (nSPS) is 15.7. The van der Waals surface area contributed by atoms with Gasteiger partial charge in [-0.15, -0.1) is 0 Å². The highest BCUT2D eigenvalue weighted by Crippen LogP contribution is 2.65. The minimum Gasteiger partial charge on any atom is -0.444 e. The van der Waals surface area contributed by atoms with Crippen LogP contribution < -0.4 is 5.32 Å². The number of alkyl halides is 2. The average Bonchev–Trinajstić information content (AvgIpc) is 2.42. The fourth-order valence-electron chi connectivity index (χ4n) is 1.83. The van der Waals surface area contributed by atoms with Gasteiger partial charge in [-0.1, -0.05) is 6.92 Å². The Balaban J connectivity index is 5.31. The highest BCUT2D eigenvalue weighted by atomic mass is 31.2. The van der Waals surface area contributed by atoms with Crippen LogP contribution in [0.25, 0.3) is 0 Å². The van der Waals surface area contributed by atoms with Gasteiger partial charge in [0.2, 0.25) is 0 Å². The van der Waals surface area contributed by atoms with E-state index < -0.39 is 43.5 Å². The van der Waals surface area contributed by atoms with E-state index in [1.54, 1.807) is 20.8 Å². The maximum absolute atomic E-state index is 14.6. The van der Waals surface area contributed by atoms with Crippen molar-refractivity contribution in [3.8, 4) is 0 Å². The smallest absolute Gasteiger partial charge is 0.407 e. The van der Waals surface area contributed by atoms with Crippen LogP contribution in [-0.2, 0) is 18.3 Å². The minimum absolute atomic E-state index is 0.233. The molecule has 0 rings (SSSR count). The molecule has 0 heterocycles. The fraction of sp³-hybridized carbons (Fsp3) is 0.929. The van der Waals surface area contributed by atoms with Gasteiger partial charge in [0.05, 0.1) is 31.8 Å². The summed E-state index contributed by atoms with van der Waals surface area (Å²) in [5.41, 5.74) is -4.75. The molecule has 0 aromatic heterocycles. The molecule has 0 spiro atoms. The molecular formula is C14H28F2NO6P. The maximum Gasteiger partial charge on any atom is 0.407 e. The number of aliphatic hydroxyl groups is 1. The van der Waals surface area contributed by atoms with Crippen LogP contribution in [0.1, 0.15) is 41.5 Å². The Morgan fingerprint density at radius 2 is 1.67 bits per heavy atom. The summed E-state index contributed by atoms with van der Waals surface area (Å²) < 4.78 is 56.1. The lowest BCUT2D eigenvalue weighted by molar-refractivity contribution is -0.0288. The van der Waals surface area contributed by atoms with E-state index >= 15 is 0 Å². The standard InChI is InChI=1S/C14H28F2NO6P/c1-7-21-24(20,22-8-2)14(15,16)10(3)11(9-18)17-12(19)23-13(4,5)6/h10-11,18H,7-9H2,1-6H3,(H,17,19)/t10-,11-/m1/s1. The van der Waals surface area contributed by atoms with Crippen LogP contribution >= 0.6 is 7.60 Å². The second kappa shape index (κ2) is 9.08. The molecule has 0 saturated carbocycles. The zero-order chi connectivity index (χ0) is 19.2. The van der Waals surface area contributed by atoms with Gasteiger partial charge in [-0.05, 0) is 34.6 Å². The fourth-order valence-corrected chi connectivity index (χ4v) is 3.61. The van der Waals surface area contributed by atoms with Crippen LogP contribution in [0.5, 0.6) is 0 Å². The number of amides is 1. The van der Waals surface area contributed by atoms with Crippen molar-refractivity contribution < 1.29 is 37.0 Å². The van der Waals surface area contributed by atoms with E-state index in [2.05, 4.69) is 5.32 Å². The number of halogens is 2. The molecule has 0 fully saturated rings. The lowest BCUT2D eigenvalue weighted by Crippen LogP contribution is -2.49. The van der Waals surface area contributed by atoms with Crippen LogP contribution in [-0.4, -0.2) is 48.3 Å². The molecule has 0 aliphatic heterocycles. The Morgan fingerprint density at radius 3 is 2.00 bits per heavy atom. The Morgan fingerprint density at radius 1 is 1.21 bits per heavy atom. The zero-order valence-electron chi connectivity index (χ0n) is 15.0. The molecule has 0 aliphatic carbocycles. The van der Waals surface area contributed by atoms with Crippen LogP contribution in [0, 0.1) is 5.92 Å². The Kier molecular flexibility index (Phi) is 8.79. The minimum atomic E-state index is -4.77. The molecule has 0 aromatic rings. The Labute approximate surface area is 141 Å². The molecule has 0 unspecified atom stereocenters. The Hall–Kier alpha value is -0.760. The summed E-state index contributed by atoms with van der Waals surface area (Å²) in [7, 11) is -4.77. The van der Waals surface area contributed by atoms with Gasteiger partial charge in [-0.3, -0.25) is 4.57 Å². The highest BCUT2D eigenvalue weighted by molar-refractivity contribution is 7.55. The third kappa shape index (κ3) is 6.27. The van der Waals surface area contributed by atoms with Crippen molar-refractivity contribution in [3.63, 3.8) is 0 Å². The molecule has 1 amide bonds. The molecule has 0 aliphatic rings. The van der Waals surface area contributed by atoms with Crippen molar-refractivity contribution in [1.82, 2.24) is 5.32 Å². The average molecular weight is 375 g/mol. The van der Waals surface area contributed by atoms with Crippen LogP contribution in [0.4, 0.5) is 13.6 Å². The molecule has 0 saturated heterocycles. The van der Waals surface area contributed by atoms with E-state index in [-0.39, 0.29) is 13.2 Å². The quantitative estimate of drug-likeness (QED) is 0.600. The first kappa shape index (κ1) is 23.2. The number of hydrogen-bond donors (Lipinski definition) is 2. The zero-order valence-corrected chi connectivity index (χ0v) is 15.9. The number of nitrogens with one attached hydrogen (secondary N) is 1. The summed E-state index contributed by atoms with van der Waals surface area (Å²) in [6.07, 6.45) is -0.966. The van der Waals surface area contributed by atoms with Gasteiger partial charge in [0.15, 0.2) is 0 Å². The van der Waals surface area contributed by atoms with E-state index in [0.717, 1.165) is 6.92 Å². The summed E-state index contributed by atoms with van der Waals surface area (Å²) >= 11 is 0. The van der Waals surface area contributed by atoms with Crippen molar-refractivity contribution >= 4 is 13.7 Å². The van der Waals surface area contributed by atoms with E-state index in [1.807, 2.05) is 0 Å². The van der Waals surface area contributed by atoms with Gasteiger partial charge in [0.25, 0.3) is 0 Å². The third-order valence-corrected chi connectivity index (χ3v) is 5.35. The van der Waals surface area contributed by atoms with E-state index in [4.69, 9.17) is 13.8 Å². The first-order valence-electron chi connectivity index (χ1n) is 7.72. The van der Waals surface area contributed by atoms with Crippen molar-refractivity contribution in [2.24, 2.45) is 5.92 Å². The number of rotatable bonds is 9. The predicted octanol–water partition coefficient (Wildman–Crippen LogP) is 3.37. The predicted molar refractivity (Wildman–Crippen MR) is 85.2 cm³/mol. The Bertz CT molecular complexity index is 445. The molecular weight excluding hydrogens is 347 g/mol. The maximum atomic E-state index is 14.6. The van der Waals surface area contributed by atoms with Gasteiger partial charge in [-0.2, -0.15) is 8.78 Å².